The van der Waals surface area contributed by atoms with Crippen LogP contribution >= 0.6 is 35.8 Å². The Hall–Kier alpha value is -1.31. The minimum atomic E-state index is -0.0468. The molecule has 6 nitrogen and oxygen atoms in total. The zero-order chi connectivity index (χ0) is 18.4. The molecular weight excluding hydrogens is 385 g/mol. The van der Waals surface area contributed by atoms with Crippen molar-refractivity contribution in [1.29, 1.82) is 0 Å². The molecule has 1 heterocycles. The summed E-state index contributed by atoms with van der Waals surface area (Å²) >= 11 is 16.0. The van der Waals surface area contributed by atoms with Crippen LogP contribution in [0.3, 0.4) is 0 Å². The molecule has 0 bridgehead atoms. The van der Waals surface area contributed by atoms with Gasteiger partial charge in [0.1, 0.15) is 5.75 Å². The van der Waals surface area contributed by atoms with Gasteiger partial charge in [0.2, 0.25) is 11.8 Å². The summed E-state index contributed by atoms with van der Waals surface area (Å²) in [4.78, 5) is 27.7. The first-order chi connectivity index (χ1) is 12.0. The molecule has 0 atom stereocenters. The molecule has 9 heteroatoms. The number of hydrogen-bond donors (Lipinski definition) is 2. The number of rotatable bonds is 6. The zero-order valence-corrected chi connectivity index (χ0v) is 16.3. The average molecular weight is 406 g/mol. The Morgan fingerprint density at radius 3 is 2.24 bits per heavy atom. The number of nitrogens with zero attached hydrogens (tertiary/aromatic N) is 2. The number of carbonyl (C=O) groups is 2. The van der Waals surface area contributed by atoms with Crippen molar-refractivity contribution in [1.82, 2.24) is 9.80 Å². The first kappa shape index (κ1) is 20.0. The smallest absolute Gasteiger partial charge is 0.241 e. The Morgan fingerprint density at radius 2 is 1.68 bits per heavy atom. The molecule has 0 aromatic heterocycles. The number of benzene rings is 1. The summed E-state index contributed by atoms with van der Waals surface area (Å²) in [5, 5.41) is 3.80. The maximum Gasteiger partial charge on any atom is 0.241 e. The van der Waals surface area contributed by atoms with Gasteiger partial charge in [0.15, 0.2) is 0 Å². The number of amides is 2. The van der Waals surface area contributed by atoms with Gasteiger partial charge < -0.3 is 19.9 Å². The summed E-state index contributed by atoms with van der Waals surface area (Å²) in [7, 11) is 1.52. The highest BCUT2D eigenvalue weighted by Crippen LogP contribution is 2.33. The lowest BCUT2D eigenvalue weighted by Crippen LogP contribution is -2.51. The summed E-state index contributed by atoms with van der Waals surface area (Å²) in [6, 6.07) is 3.23. The number of hydrogen-bond acceptors (Lipinski definition) is 5. The second-order valence-electron chi connectivity index (χ2n) is 5.56. The van der Waals surface area contributed by atoms with E-state index in [1.165, 1.54) is 7.11 Å². The number of halogens is 2. The van der Waals surface area contributed by atoms with E-state index in [0.717, 1.165) is 0 Å². The third-order valence-electron chi connectivity index (χ3n) is 3.98. The minimum absolute atomic E-state index is 0.0468. The second-order valence-corrected chi connectivity index (χ2v) is 6.82. The fourth-order valence-electron chi connectivity index (χ4n) is 2.58. The van der Waals surface area contributed by atoms with Gasteiger partial charge in [0.25, 0.3) is 0 Å². The molecule has 1 N–H and O–H groups in total. The molecule has 1 aromatic carbocycles. The van der Waals surface area contributed by atoms with Gasteiger partial charge in [-0.05, 0) is 11.8 Å². The highest BCUT2D eigenvalue weighted by Gasteiger charge is 2.23. The number of nitrogens with one attached hydrogen (secondary N) is 1. The lowest BCUT2D eigenvalue weighted by Gasteiger charge is -2.35. The maximum atomic E-state index is 12.4. The van der Waals surface area contributed by atoms with E-state index < -0.39 is 0 Å². The van der Waals surface area contributed by atoms with E-state index in [1.807, 2.05) is 0 Å². The van der Waals surface area contributed by atoms with E-state index in [0.29, 0.717) is 59.8 Å². The molecule has 0 saturated carbocycles. The largest absolute Gasteiger partial charge is 0.495 e. The Kier molecular flexibility index (Phi) is 7.53. The van der Waals surface area contributed by atoms with Crippen LogP contribution in [-0.2, 0) is 9.59 Å². The Bertz CT molecular complexity index is 637. The minimum Gasteiger partial charge on any atom is -0.495 e. The Morgan fingerprint density at radius 1 is 1.12 bits per heavy atom. The Labute approximate surface area is 162 Å². The number of methoxy groups -OCH3 is 1. The number of piperazine rings is 1. The SMILES string of the molecule is COc1cc(Cl)c(Cl)cc1NCC(=O)N1CCN(C(=O)CCS)CC1. The van der Waals surface area contributed by atoms with Gasteiger partial charge in [-0.15, -0.1) is 0 Å². The monoisotopic (exact) mass is 405 g/mol. The third-order valence-corrected chi connectivity index (χ3v) is 4.93. The molecular formula is C16H21Cl2N3O3S. The number of thiol groups is 1. The normalized spacial score (nSPS) is 14.4. The van der Waals surface area contributed by atoms with Crippen LogP contribution < -0.4 is 10.1 Å². The van der Waals surface area contributed by atoms with E-state index in [4.69, 9.17) is 27.9 Å². The van der Waals surface area contributed by atoms with Crippen LogP contribution in [0.2, 0.25) is 10.0 Å². The zero-order valence-electron chi connectivity index (χ0n) is 13.9. The summed E-state index contributed by atoms with van der Waals surface area (Å²) in [5.74, 6) is 1.09. The van der Waals surface area contributed by atoms with Gasteiger partial charge in [0, 0.05) is 38.7 Å². The van der Waals surface area contributed by atoms with Crippen molar-refractivity contribution < 1.29 is 14.3 Å². The van der Waals surface area contributed by atoms with Crippen molar-refractivity contribution in [3.05, 3.63) is 22.2 Å². The van der Waals surface area contributed by atoms with Crippen LogP contribution in [0.15, 0.2) is 12.1 Å². The number of carbonyl (C=O) groups excluding carboxylic acids is 2. The van der Waals surface area contributed by atoms with Crippen molar-refractivity contribution in [2.45, 2.75) is 6.42 Å². The van der Waals surface area contributed by atoms with Crippen LogP contribution in [0.4, 0.5) is 5.69 Å². The van der Waals surface area contributed by atoms with Crippen LogP contribution in [0.5, 0.6) is 5.75 Å². The molecule has 0 spiro atoms. The quantitative estimate of drug-likeness (QED) is 0.713. The number of ether oxygens (including phenoxy) is 1. The molecule has 0 unspecified atom stereocenters. The van der Waals surface area contributed by atoms with Crippen LogP contribution in [0.1, 0.15) is 6.42 Å². The van der Waals surface area contributed by atoms with Crippen molar-refractivity contribution in [2.75, 3.05) is 50.9 Å². The van der Waals surface area contributed by atoms with E-state index in [9.17, 15) is 9.59 Å². The van der Waals surface area contributed by atoms with Gasteiger partial charge >= 0.3 is 0 Å². The summed E-state index contributed by atoms with van der Waals surface area (Å²) in [6.07, 6.45) is 0.426. The van der Waals surface area contributed by atoms with Crippen molar-refractivity contribution in [3.8, 4) is 5.75 Å². The third kappa shape index (κ3) is 5.33. The maximum absolute atomic E-state index is 12.4. The van der Waals surface area contributed by atoms with E-state index in [1.54, 1.807) is 21.9 Å². The topological polar surface area (TPSA) is 61.9 Å². The second kappa shape index (κ2) is 9.40. The predicted molar refractivity (Wildman–Crippen MR) is 103 cm³/mol. The summed E-state index contributed by atoms with van der Waals surface area (Å²) in [5.41, 5.74) is 0.604. The molecule has 1 aromatic rings. The van der Waals surface area contributed by atoms with E-state index in [2.05, 4.69) is 17.9 Å². The first-order valence-electron chi connectivity index (χ1n) is 7.89. The molecule has 1 saturated heterocycles. The molecule has 138 valence electrons. The van der Waals surface area contributed by atoms with Gasteiger partial charge in [-0.3, -0.25) is 9.59 Å². The van der Waals surface area contributed by atoms with E-state index in [-0.39, 0.29) is 18.4 Å². The molecule has 0 radical (unpaired) electrons. The highest BCUT2D eigenvalue weighted by atomic mass is 35.5. The summed E-state index contributed by atoms with van der Waals surface area (Å²) < 4.78 is 5.24. The highest BCUT2D eigenvalue weighted by molar-refractivity contribution is 7.80. The van der Waals surface area contributed by atoms with Crippen LogP contribution in [-0.4, -0.2) is 67.2 Å². The summed E-state index contributed by atoms with van der Waals surface area (Å²) in [6.45, 7) is 2.26. The molecule has 2 rings (SSSR count). The van der Waals surface area contributed by atoms with Crippen molar-refractivity contribution >= 4 is 53.3 Å². The molecule has 1 aliphatic heterocycles. The number of anilines is 1. The van der Waals surface area contributed by atoms with Gasteiger partial charge in [0.05, 0.1) is 29.4 Å². The lowest BCUT2D eigenvalue weighted by molar-refractivity contribution is -0.138. The molecule has 25 heavy (non-hydrogen) atoms. The molecule has 0 aliphatic carbocycles. The Balaban J connectivity index is 1.88. The van der Waals surface area contributed by atoms with Gasteiger partial charge in [-0.25, -0.2) is 0 Å². The predicted octanol–water partition coefficient (Wildman–Crippen LogP) is 2.40. The van der Waals surface area contributed by atoms with Crippen LogP contribution in [0.25, 0.3) is 0 Å². The van der Waals surface area contributed by atoms with Gasteiger partial charge in [-0.1, -0.05) is 23.2 Å². The lowest BCUT2D eigenvalue weighted by atomic mass is 10.2. The molecule has 1 aliphatic rings. The molecule has 2 amide bonds. The van der Waals surface area contributed by atoms with E-state index >= 15 is 0 Å². The average Bonchev–Trinajstić information content (AvgIpc) is 2.62. The van der Waals surface area contributed by atoms with Gasteiger partial charge in [-0.2, -0.15) is 12.6 Å². The molecule has 1 fully saturated rings. The fraction of sp³-hybridized carbons (Fsp3) is 0.500. The standard InChI is InChI=1S/C16H21Cl2N3O3S/c1-24-14-9-12(18)11(17)8-13(14)19-10-16(23)21-5-3-20(4-6-21)15(22)2-7-25/h8-9,19,25H,2-7,10H2,1H3. The van der Waals surface area contributed by atoms with Crippen molar-refractivity contribution in [3.63, 3.8) is 0 Å². The van der Waals surface area contributed by atoms with Crippen LogP contribution in [0, 0.1) is 0 Å². The fourth-order valence-corrected chi connectivity index (χ4v) is 3.09. The van der Waals surface area contributed by atoms with Crippen molar-refractivity contribution in [2.24, 2.45) is 0 Å². The first-order valence-corrected chi connectivity index (χ1v) is 9.28.